The lowest BCUT2D eigenvalue weighted by Crippen LogP contribution is -2.48. The predicted octanol–water partition coefficient (Wildman–Crippen LogP) is 1.79. The SMILES string of the molecule is Cc1ccccc1NC(=O)C(C)C1CNC1. The van der Waals surface area contributed by atoms with Crippen LogP contribution in [0.3, 0.4) is 0 Å². The van der Waals surface area contributed by atoms with Crippen LogP contribution in [-0.2, 0) is 4.79 Å². The van der Waals surface area contributed by atoms with Crippen molar-refractivity contribution < 1.29 is 4.79 Å². The van der Waals surface area contributed by atoms with Gasteiger partial charge in [0.2, 0.25) is 5.91 Å². The van der Waals surface area contributed by atoms with Crippen molar-refractivity contribution >= 4 is 11.6 Å². The molecule has 0 aliphatic carbocycles. The van der Waals surface area contributed by atoms with Crippen LogP contribution in [0.4, 0.5) is 5.69 Å². The highest BCUT2D eigenvalue weighted by Crippen LogP contribution is 2.19. The highest BCUT2D eigenvalue weighted by atomic mass is 16.1. The largest absolute Gasteiger partial charge is 0.326 e. The number of hydrogen-bond donors (Lipinski definition) is 2. The van der Waals surface area contributed by atoms with Gasteiger partial charge in [0.25, 0.3) is 0 Å². The van der Waals surface area contributed by atoms with Crippen LogP contribution < -0.4 is 10.6 Å². The van der Waals surface area contributed by atoms with Crippen molar-refractivity contribution in [2.75, 3.05) is 18.4 Å². The maximum Gasteiger partial charge on any atom is 0.227 e. The van der Waals surface area contributed by atoms with Crippen molar-refractivity contribution in [2.24, 2.45) is 11.8 Å². The van der Waals surface area contributed by atoms with Crippen LogP contribution >= 0.6 is 0 Å². The van der Waals surface area contributed by atoms with Crippen LogP contribution in [0.1, 0.15) is 12.5 Å². The Balaban J connectivity index is 1.99. The minimum absolute atomic E-state index is 0.0841. The van der Waals surface area contributed by atoms with E-state index in [1.165, 1.54) is 0 Å². The molecule has 3 nitrogen and oxygen atoms in total. The van der Waals surface area contributed by atoms with E-state index in [9.17, 15) is 4.79 Å². The molecule has 2 rings (SSSR count). The summed E-state index contributed by atoms with van der Waals surface area (Å²) < 4.78 is 0. The molecular weight excluding hydrogens is 200 g/mol. The molecule has 0 bridgehead atoms. The lowest BCUT2D eigenvalue weighted by molar-refractivity contribution is -0.121. The molecule has 1 aliphatic heterocycles. The summed E-state index contributed by atoms with van der Waals surface area (Å²) in [6.45, 7) is 5.93. The van der Waals surface area contributed by atoms with Crippen molar-refractivity contribution in [1.29, 1.82) is 0 Å². The molecule has 2 N–H and O–H groups in total. The zero-order valence-corrected chi connectivity index (χ0v) is 9.79. The Morgan fingerprint density at radius 3 is 2.69 bits per heavy atom. The first-order valence-corrected chi connectivity index (χ1v) is 5.75. The molecule has 1 heterocycles. The second-order valence-electron chi connectivity index (χ2n) is 4.51. The number of carbonyl (C=O) groups excluding carboxylic acids is 1. The maximum absolute atomic E-state index is 12.0. The lowest BCUT2D eigenvalue weighted by Gasteiger charge is -2.31. The Bertz CT molecular complexity index is 385. The number of aryl methyl sites for hydroxylation is 1. The van der Waals surface area contributed by atoms with Gasteiger partial charge in [0.1, 0.15) is 0 Å². The summed E-state index contributed by atoms with van der Waals surface area (Å²) >= 11 is 0. The van der Waals surface area contributed by atoms with Crippen LogP contribution in [0.15, 0.2) is 24.3 Å². The van der Waals surface area contributed by atoms with Crippen LogP contribution in [0.5, 0.6) is 0 Å². The molecule has 1 amide bonds. The van der Waals surface area contributed by atoms with Crippen molar-refractivity contribution in [3.05, 3.63) is 29.8 Å². The van der Waals surface area contributed by atoms with Crippen LogP contribution in [0.25, 0.3) is 0 Å². The third-order valence-corrected chi connectivity index (χ3v) is 3.34. The fourth-order valence-corrected chi connectivity index (χ4v) is 1.84. The van der Waals surface area contributed by atoms with Gasteiger partial charge in [-0.05, 0) is 37.6 Å². The van der Waals surface area contributed by atoms with Crippen molar-refractivity contribution in [3.8, 4) is 0 Å². The summed E-state index contributed by atoms with van der Waals surface area (Å²) in [5.74, 6) is 0.700. The van der Waals surface area contributed by atoms with Gasteiger partial charge in [-0.2, -0.15) is 0 Å². The first kappa shape index (κ1) is 11.1. The summed E-state index contributed by atoms with van der Waals surface area (Å²) in [6, 6.07) is 7.87. The van der Waals surface area contributed by atoms with Gasteiger partial charge < -0.3 is 10.6 Å². The fourth-order valence-electron chi connectivity index (χ4n) is 1.84. The molecule has 0 aromatic heterocycles. The minimum Gasteiger partial charge on any atom is -0.326 e. The van der Waals surface area contributed by atoms with E-state index in [1.807, 2.05) is 38.1 Å². The number of benzene rings is 1. The van der Waals surface area contributed by atoms with E-state index >= 15 is 0 Å². The van der Waals surface area contributed by atoms with Crippen LogP contribution in [0.2, 0.25) is 0 Å². The third-order valence-electron chi connectivity index (χ3n) is 3.34. The first-order chi connectivity index (χ1) is 7.68. The van der Waals surface area contributed by atoms with Gasteiger partial charge in [0.15, 0.2) is 0 Å². The van der Waals surface area contributed by atoms with Gasteiger partial charge in [-0.15, -0.1) is 0 Å². The standard InChI is InChI=1S/C13H18N2O/c1-9-5-3-4-6-12(9)15-13(16)10(2)11-7-14-8-11/h3-6,10-11,14H,7-8H2,1-2H3,(H,15,16). The van der Waals surface area contributed by atoms with Crippen LogP contribution in [0, 0.1) is 18.8 Å². The number of nitrogens with one attached hydrogen (secondary N) is 2. The fraction of sp³-hybridized carbons (Fsp3) is 0.462. The summed E-state index contributed by atoms with van der Waals surface area (Å²) in [7, 11) is 0. The highest BCUT2D eigenvalue weighted by Gasteiger charge is 2.28. The van der Waals surface area contributed by atoms with E-state index < -0.39 is 0 Å². The molecule has 1 unspecified atom stereocenters. The van der Waals surface area contributed by atoms with Gasteiger partial charge in [-0.3, -0.25) is 4.79 Å². The summed E-state index contributed by atoms with van der Waals surface area (Å²) in [5.41, 5.74) is 2.03. The molecule has 1 atom stereocenters. The maximum atomic E-state index is 12.0. The van der Waals surface area contributed by atoms with Gasteiger partial charge in [0, 0.05) is 11.6 Å². The molecule has 0 saturated carbocycles. The third kappa shape index (κ3) is 2.25. The average molecular weight is 218 g/mol. The number of rotatable bonds is 3. The second kappa shape index (κ2) is 4.66. The molecule has 1 aromatic rings. The molecular formula is C13H18N2O. The smallest absolute Gasteiger partial charge is 0.227 e. The average Bonchev–Trinajstić information content (AvgIpc) is 2.18. The Labute approximate surface area is 96.2 Å². The van der Waals surface area contributed by atoms with Gasteiger partial charge >= 0.3 is 0 Å². The molecule has 1 fully saturated rings. The summed E-state index contributed by atoms with van der Waals surface area (Å²) in [5, 5.41) is 6.18. The summed E-state index contributed by atoms with van der Waals surface area (Å²) in [4.78, 5) is 12.0. The Hall–Kier alpha value is -1.35. The number of hydrogen-bond acceptors (Lipinski definition) is 2. The van der Waals surface area contributed by atoms with Gasteiger partial charge in [-0.1, -0.05) is 25.1 Å². The van der Waals surface area contributed by atoms with Crippen LogP contribution in [-0.4, -0.2) is 19.0 Å². The Kier molecular flexibility index (Phi) is 3.25. The molecule has 3 heteroatoms. The van der Waals surface area contributed by atoms with Crippen molar-refractivity contribution in [1.82, 2.24) is 5.32 Å². The summed E-state index contributed by atoms with van der Waals surface area (Å²) in [6.07, 6.45) is 0. The normalized spacial score (nSPS) is 17.6. The molecule has 0 spiro atoms. The van der Waals surface area contributed by atoms with E-state index in [0.29, 0.717) is 5.92 Å². The van der Waals surface area contributed by atoms with E-state index in [1.54, 1.807) is 0 Å². The molecule has 1 aromatic carbocycles. The number of carbonyl (C=O) groups is 1. The van der Waals surface area contributed by atoms with Gasteiger partial charge in [0.05, 0.1) is 0 Å². The minimum atomic E-state index is 0.0841. The second-order valence-corrected chi connectivity index (χ2v) is 4.51. The lowest BCUT2D eigenvalue weighted by atomic mass is 9.88. The van der Waals surface area contributed by atoms with E-state index in [-0.39, 0.29) is 11.8 Å². The Morgan fingerprint density at radius 1 is 1.44 bits per heavy atom. The monoisotopic (exact) mass is 218 g/mol. The van der Waals surface area contributed by atoms with E-state index in [4.69, 9.17) is 0 Å². The topological polar surface area (TPSA) is 41.1 Å². The zero-order valence-electron chi connectivity index (χ0n) is 9.79. The first-order valence-electron chi connectivity index (χ1n) is 5.75. The van der Waals surface area contributed by atoms with E-state index in [2.05, 4.69) is 10.6 Å². The molecule has 0 radical (unpaired) electrons. The van der Waals surface area contributed by atoms with Gasteiger partial charge in [-0.25, -0.2) is 0 Å². The number of para-hydroxylation sites is 1. The van der Waals surface area contributed by atoms with Crippen molar-refractivity contribution in [2.45, 2.75) is 13.8 Å². The highest BCUT2D eigenvalue weighted by molar-refractivity contribution is 5.93. The van der Waals surface area contributed by atoms with Crippen molar-refractivity contribution in [3.63, 3.8) is 0 Å². The van der Waals surface area contributed by atoms with E-state index in [0.717, 1.165) is 24.3 Å². The molecule has 1 aliphatic rings. The molecule has 16 heavy (non-hydrogen) atoms. The number of amides is 1. The Morgan fingerprint density at radius 2 is 2.12 bits per heavy atom. The predicted molar refractivity (Wildman–Crippen MR) is 65.3 cm³/mol. The molecule has 1 saturated heterocycles. The molecule has 86 valence electrons. The quantitative estimate of drug-likeness (QED) is 0.812. The zero-order chi connectivity index (χ0) is 11.5. The number of anilines is 1.